The molecule has 8 heteroatoms. The molecule has 0 bridgehead atoms. The summed E-state index contributed by atoms with van der Waals surface area (Å²) in [5, 5.41) is 6.71. The van der Waals surface area contributed by atoms with E-state index >= 15 is 0 Å². The highest BCUT2D eigenvalue weighted by atomic mass is 32.1. The van der Waals surface area contributed by atoms with Crippen LogP contribution >= 0.6 is 12.2 Å². The van der Waals surface area contributed by atoms with Gasteiger partial charge in [0.15, 0.2) is 0 Å². The van der Waals surface area contributed by atoms with Crippen LogP contribution in [0.4, 0.5) is 5.69 Å². The molecule has 0 spiro atoms. The Labute approximate surface area is 156 Å². The van der Waals surface area contributed by atoms with Crippen molar-refractivity contribution in [3.05, 3.63) is 53.2 Å². The third-order valence-electron chi connectivity index (χ3n) is 4.59. The van der Waals surface area contributed by atoms with Crippen LogP contribution in [0.2, 0.25) is 0 Å². The predicted molar refractivity (Wildman–Crippen MR) is 99.6 cm³/mol. The van der Waals surface area contributed by atoms with Crippen molar-refractivity contribution in [1.82, 2.24) is 15.1 Å². The van der Waals surface area contributed by atoms with Crippen LogP contribution < -0.4 is 4.90 Å². The molecule has 1 N–H and O–H groups in total. The molecule has 0 radical (unpaired) electrons. The number of anilines is 1. The van der Waals surface area contributed by atoms with Gasteiger partial charge in [0.1, 0.15) is 0 Å². The van der Waals surface area contributed by atoms with Gasteiger partial charge >= 0.3 is 0 Å². The average Bonchev–Trinajstić information content (AvgIpc) is 3.13. The Morgan fingerprint density at radius 3 is 2.54 bits per heavy atom. The van der Waals surface area contributed by atoms with Crippen LogP contribution in [0.5, 0.6) is 0 Å². The number of aromatic amines is 1. The molecule has 26 heavy (non-hydrogen) atoms. The number of aromatic nitrogens is 2. The van der Waals surface area contributed by atoms with E-state index in [1.54, 1.807) is 31.3 Å². The molecule has 0 unspecified atom stereocenters. The molecule has 1 aliphatic rings. The van der Waals surface area contributed by atoms with E-state index in [4.69, 9.17) is 16.6 Å². The summed E-state index contributed by atoms with van der Waals surface area (Å²) >= 11 is 4.90. The summed E-state index contributed by atoms with van der Waals surface area (Å²) in [5.41, 5.74) is 1.31. The number of amides is 2. The highest BCUT2D eigenvalue weighted by Crippen LogP contribution is 2.27. The molecule has 7 nitrogen and oxygen atoms in total. The van der Waals surface area contributed by atoms with Crippen LogP contribution in [-0.4, -0.2) is 47.0 Å². The third-order valence-corrected chi connectivity index (χ3v) is 4.77. The fourth-order valence-electron chi connectivity index (χ4n) is 3.02. The van der Waals surface area contributed by atoms with Gasteiger partial charge < -0.3 is 14.2 Å². The molecule has 1 aromatic heterocycles. The van der Waals surface area contributed by atoms with Gasteiger partial charge in [-0.1, -0.05) is 6.58 Å². The van der Waals surface area contributed by atoms with E-state index in [0.717, 1.165) is 12.8 Å². The topological polar surface area (TPSA) is 82.4 Å². The van der Waals surface area contributed by atoms with Gasteiger partial charge in [0.2, 0.25) is 11.8 Å². The number of benzene rings is 1. The van der Waals surface area contributed by atoms with Crippen molar-refractivity contribution in [2.75, 3.05) is 25.0 Å². The SMILES string of the molecule is C=CC(=O)N(C)c1ccc(C(=O)N2CCC(c3n[nH]c(=S)o3)CC2)cc1. The van der Waals surface area contributed by atoms with E-state index < -0.39 is 0 Å². The zero-order valence-electron chi connectivity index (χ0n) is 14.5. The molecule has 3 rings (SSSR count). The van der Waals surface area contributed by atoms with Crippen LogP contribution in [0.15, 0.2) is 41.3 Å². The molecule has 2 amide bonds. The van der Waals surface area contributed by atoms with E-state index in [0.29, 0.717) is 30.2 Å². The molecule has 2 heterocycles. The summed E-state index contributed by atoms with van der Waals surface area (Å²) in [4.78, 5) is 27.9. The van der Waals surface area contributed by atoms with Crippen LogP contribution in [0.3, 0.4) is 0 Å². The van der Waals surface area contributed by atoms with Gasteiger partial charge in [0.25, 0.3) is 10.7 Å². The Morgan fingerprint density at radius 2 is 2.00 bits per heavy atom. The molecule has 136 valence electrons. The smallest absolute Gasteiger partial charge is 0.284 e. The maximum Gasteiger partial charge on any atom is 0.284 e. The van der Waals surface area contributed by atoms with Crippen molar-refractivity contribution in [1.29, 1.82) is 0 Å². The number of hydrogen-bond acceptors (Lipinski definition) is 5. The van der Waals surface area contributed by atoms with Crippen LogP contribution in [-0.2, 0) is 4.79 Å². The van der Waals surface area contributed by atoms with Gasteiger partial charge in [-0.25, -0.2) is 5.10 Å². The zero-order valence-corrected chi connectivity index (χ0v) is 15.3. The lowest BCUT2D eigenvalue weighted by molar-refractivity contribution is -0.113. The summed E-state index contributed by atoms with van der Waals surface area (Å²) < 4.78 is 5.37. The Kier molecular flexibility index (Phi) is 5.32. The first-order chi connectivity index (χ1) is 12.5. The number of hydrogen-bond donors (Lipinski definition) is 1. The average molecular weight is 372 g/mol. The van der Waals surface area contributed by atoms with Gasteiger partial charge in [-0.3, -0.25) is 9.59 Å². The number of H-pyrrole nitrogens is 1. The Morgan fingerprint density at radius 1 is 1.35 bits per heavy atom. The summed E-state index contributed by atoms with van der Waals surface area (Å²) in [5.74, 6) is 0.571. The quantitative estimate of drug-likeness (QED) is 0.659. The van der Waals surface area contributed by atoms with Gasteiger partial charge in [0.05, 0.1) is 0 Å². The zero-order chi connectivity index (χ0) is 18.7. The molecule has 2 aromatic rings. The van der Waals surface area contributed by atoms with Crippen LogP contribution in [0.1, 0.15) is 35.0 Å². The van der Waals surface area contributed by atoms with Crippen LogP contribution in [0.25, 0.3) is 0 Å². The van der Waals surface area contributed by atoms with Gasteiger partial charge in [-0.05, 0) is 55.4 Å². The first kappa shape index (κ1) is 18.1. The number of carbonyl (C=O) groups is 2. The summed E-state index contributed by atoms with van der Waals surface area (Å²) in [6.07, 6.45) is 2.82. The van der Waals surface area contributed by atoms with Crippen molar-refractivity contribution >= 4 is 29.7 Å². The van der Waals surface area contributed by atoms with Gasteiger partial charge in [-0.2, -0.15) is 0 Å². The first-order valence-corrected chi connectivity index (χ1v) is 8.75. The van der Waals surface area contributed by atoms with E-state index in [2.05, 4.69) is 16.8 Å². The van der Waals surface area contributed by atoms with Crippen molar-refractivity contribution in [2.24, 2.45) is 0 Å². The van der Waals surface area contributed by atoms with Crippen molar-refractivity contribution < 1.29 is 14.0 Å². The molecule has 0 atom stereocenters. The molecule has 0 aliphatic carbocycles. The minimum absolute atomic E-state index is 0.0179. The highest BCUT2D eigenvalue weighted by molar-refractivity contribution is 7.71. The molecule has 1 saturated heterocycles. The number of piperidine rings is 1. The number of rotatable bonds is 4. The second-order valence-corrected chi connectivity index (χ2v) is 6.54. The van der Waals surface area contributed by atoms with Crippen molar-refractivity contribution in [2.45, 2.75) is 18.8 Å². The maximum atomic E-state index is 12.7. The lowest BCUT2D eigenvalue weighted by Crippen LogP contribution is -2.38. The summed E-state index contributed by atoms with van der Waals surface area (Å²) in [6.45, 7) is 4.74. The van der Waals surface area contributed by atoms with Gasteiger partial charge in [0, 0.05) is 37.3 Å². The lowest BCUT2D eigenvalue weighted by Gasteiger charge is -2.30. The second-order valence-electron chi connectivity index (χ2n) is 6.17. The summed E-state index contributed by atoms with van der Waals surface area (Å²) in [6, 6.07) is 7.00. The Balaban J connectivity index is 1.62. The number of nitrogens with zero attached hydrogens (tertiary/aromatic N) is 3. The molecule has 1 fully saturated rings. The number of likely N-dealkylation sites (tertiary alicyclic amines) is 1. The Hall–Kier alpha value is -2.74. The monoisotopic (exact) mass is 372 g/mol. The molecule has 1 aromatic carbocycles. The fourth-order valence-corrected chi connectivity index (χ4v) is 3.15. The standard InChI is InChI=1S/C18H20N4O3S/c1-3-15(23)21(2)14-6-4-13(5-7-14)17(24)22-10-8-12(9-11-22)16-19-20-18(26)25-16/h3-7,12H,1,8-11H2,2H3,(H,20,26). The predicted octanol–water partition coefficient (Wildman–Crippen LogP) is 2.90. The number of likely N-dealkylation sites (N-methyl/N-ethyl adjacent to an activating group) is 1. The van der Waals surface area contributed by atoms with Crippen LogP contribution in [0, 0.1) is 4.84 Å². The van der Waals surface area contributed by atoms with E-state index in [1.807, 2.05) is 4.90 Å². The van der Waals surface area contributed by atoms with E-state index in [1.165, 1.54) is 11.0 Å². The van der Waals surface area contributed by atoms with Gasteiger partial charge in [-0.15, -0.1) is 5.10 Å². The fraction of sp³-hybridized carbons (Fsp3) is 0.333. The lowest BCUT2D eigenvalue weighted by atomic mass is 9.96. The third kappa shape index (κ3) is 3.75. The number of carbonyl (C=O) groups excluding carboxylic acids is 2. The summed E-state index contributed by atoms with van der Waals surface area (Å²) in [7, 11) is 1.67. The molecular weight excluding hydrogens is 352 g/mol. The largest absolute Gasteiger partial charge is 0.414 e. The minimum Gasteiger partial charge on any atom is -0.414 e. The van der Waals surface area contributed by atoms with Crippen molar-refractivity contribution in [3.8, 4) is 0 Å². The van der Waals surface area contributed by atoms with E-state index in [9.17, 15) is 9.59 Å². The highest BCUT2D eigenvalue weighted by Gasteiger charge is 2.27. The normalized spacial score (nSPS) is 14.9. The molecule has 1 aliphatic heterocycles. The number of nitrogens with one attached hydrogen (secondary N) is 1. The minimum atomic E-state index is -0.197. The molecule has 0 saturated carbocycles. The first-order valence-electron chi connectivity index (χ1n) is 8.34. The maximum absolute atomic E-state index is 12.7. The molecular formula is C18H20N4O3S. The van der Waals surface area contributed by atoms with E-state index in [-0.39, 0.29) is 22.6 Å². The Bertz CT molecular complexity index is 863. The second kappa shape index (κ2) is 7.65. The van der Waals surface area contributed by atoms with Crippen molar-refractivity contribution in [3.63, 3.8) is 0 Å².